The first kappa shape index (κ1) is 23.7. The summed E-state index contributed by atoms with van der Waals surface area (Å²) in [6, 6.07) is 7.52. The van der Waals surface area contributed by atoms with Crippen molar-refractivity contribution in [2.45, 2.75) is 44.7 Å². The van der Waals surface area contributed by atoms with Gasteiger partial charge in [-0.1, -0.05) is 17.7 Å². The zero-order valence-corrected chi connectivity index (χ0v) is 24.3. The molecule has 13 heteroatoms. The Balaban J connectivity index is 1.28. The first-order valence-corrected chi connectivity index (χ1v) is 14.4. The molecule has 2 fully saturated rings. The summed E-state index contributed by atoms with van der Waals surface area (Å²) in [5.74, 6) is 0.266. The average molecular weight is 592 g/mol. The number of imidazole rings is 1. The molecule has 6 heterocycles. The SMILES string of the molecule is [2H]C([2H])([2H])n1nnc(-c2nc(Cl)ccc2NC(C)c2cc(C)cc3c(=O)n(C)c4c(C5CCN(C6COC6)CC5)ncn4c23)n1. The number of fused-ring (bicyclic) bond motifs is 3. The Kier molecular flexibility index (Phi) is 5.88. The molecule has 1 unspecified atom stereocenters. The van der Waals surface area contributed by atoms with Crippen molar-refractivity contribution in [2.24, 2.45) is 14.0 Å². The molecule has 0 amide bonds. The number of rotatable bonds is 6. The Morgan fingerprint density at radius 2 is 2.02 bits per heavy atom. The highest BCUT2D eigenvalue weighted by Gasteiger charge is 2.32. The van der Waals surface area contributed by atoms with E-state index in [0.29, 0.717) is 21.9 Å². The van der Waals surface area contributed by atoms with Crippen molar-refractivity contribution >= 4 is 33.8 Å². The van der Waals surface area contributed by atoms with Crippen molar-refractivity contribution in [3.8, 4) is 11.5 Å². The third kappa shape index (κ3) is 4.54. The fraction of sp³-hybridized carbons (Fsp3) is 0.448. The van der Waals surface area contributed by atoms with Crippen LogP contribution in [0.4, 0.5) is 5.69 Å². The van der Waals surface area contributed by atoms with Crippen LogP contribution in [0.3, 0.4) is 0 Å². The van der Waals surface area contributed by atoms with Gasteiger partial charge in [-0.15, -0.1) is 10.2 Å². The van der Waals surface area contributed by atoms with E-state index in [1.807, 2.05) is 37.7 Å². The van der Waals surface area contributed by atoms with Crippen molar-refractivity contribution in [1.82, 2.24) is 44.0 Å². The Hall–Kier alpha value is -3.87. The van der Waals surface area contributed by atoms with Gasteiger partial charge in [0.1, 0.15) is 22.8 Å². The van der Waals surface area contributed by atoms with E-state index in [4.69, 9.17) is 25.4 Å². The number of pyridine rings is 1. The molecule has 42 heavy (non-hydrogen) atoms. The zero-order chi connectivity index (χ0) is 31.6. The molecule has 1 atom stereocenters. The van der Waals surface area contributed by atoms with Crippen LogP contribution >= 0.6 is 11.6 Å². The van der Waals surface area contributed by atoms with E-state index in [2.05, 4.69) is 36.7 Å². The minimum Gasteiger partial charge on any atom is -0.378 e. The molecule has 218 valence electrons. The topological polar surface area (TPSA) is 120 Å². The van der Waals surface area contributed by atoms with E-state index >= 15 is 0 Å². The van der Waals surface area contributed by atoms with Gasteiger partial charge in [-0.25, -0.2) is 9.97 Å². The molecule has 5 aromatic rings. The standard InChI is InChI=1S/C29H33ClN10O2/c1-16-11-20(17(2)32-22-5-6-23(30)33-25(22)27-34-36-38(4)35-27)26-21(12-16)29(41)37(3)28-24(31-15-40(26)28)18-7-9-39(10-8-18)19-13-42-14-19/h5-6,11-12,15,17-19,32H,7-10,13-14H2,1-4H3/i4D3. The highest BCUT2D eigenvalue weighted by atomic mass is 35.5. The molecule has 1 aromatic carbocycles. The number of hydrogen-bond acceptors (Lipinski definition) is 9. The van der Waals surface area contributed by atoms with Crippen LogP contribution in [0.5, 0.6) is 0 Å². The van der Waals surface area contributed by atoms with E-state index in [-0.39, 0.29) is 34.2 Å². The second-order valence-corrected chi connectivity index (χ2v) is 11.6. The van der Waals surface area contributed by atoms with Gasteiger partial charge in [0.15, 0.2) is 0 Å². The first-order chi connectivity index (χ1) is 21.5. The van der Waals surface area contributed by atoms with E-state index in [1.165, 1.54) is 0 Å². The van der Waals surface area contributed by atoms with Gasteiger partial charge in [-0.2, -0.15) is 4.80 Å². The lowest BCUT2D eigenvalue weighted by Crippen LogP contribution is -2.51. The lowest BCUT2D eigenvalue weighted by atomic mass is 9.92. The molecule has 2 saturated heterocycles. The number of halogens is 1. The third-order valence-corrected chi connectivity index (χ3v) is 8.74. The Bertz CT molecular complexity index is 1980. The minimum absolute atomic E-state index is 0.0174. The molecule has 0 saturated carbocycles. The maximum atomic E-state index is 13.9. The fourth-order valence-electron chi connectivity index (χ4n) is 6.30. The minimum atomic E-state index is -2.59. The molecule has 12 nitrogen and oxygen atoms in total. The van der Waals surface area contributed by atoms with Gasteiger partial charge in [0.05, 0.1) is 54.6 Å². The van der Waals surface area contributed by atoms with Crippen molar-refractivity contribution in [3.05, 3.63) is 62.9 Å². The number of tetrazole rings is 1. The second kappa shape index (κ2) is 10.4. The van der Waals surface area contributed by atoms with Crippen molar-refractivity contribution in [3.63, 3.8) is 0 Å². The summed E-state index contributed by atoms with van der Waals surface area (Å²) in [5, 5.41) is 15.9. The van der Waals surface area contributed by atoms with Crippen LogP contribution in [0.15, 0.2) is 35.4 Å². The van der Waals surface area contributed by atoms with Crippen LogP contribution in [0.25, 0.3) is 28.1 Å². The molecule has 4 aromatic heterocycles. The van der Waals surface area contributed by atoms with E-state index in [1.54, 1.807) is 16.7 Å². The summed E-state index contributed by atoms with van der Waals surface area (Å²) in [4.78, 5) is 26.3. The average Bonchev–Trinajstić information content (AvgIpc) is 3.65. The van der Waals surface area contributed by atoms with Crippen molar-refractivity contribution in [1.29, 1.82) is 0 Å². The van der Waals surface area contributed by atoms with Gasteiger partial charge >= 0.3 is 0 Å². The lowest BCUT2D eigenvalue weighted by molar-refractivity contribution is -0.0713. The molecule has 2 aliphatic rings. The van der Waals surface area contributed by atoms with Crippen LogP contribution in [-0.2, 0) is 18.8 Å². The van der Waals surface area contributed by atoms with Gasteiger partial charge in [0.2, 0.25) is 5.82 Å². The predicted molar refractivity (Wildman–Crippen MR) is 160 cm³/mol. The molecule has 0 aliphatic carbocycles. The number of likely N-dealkylation sites (tertiary alicyclic amines) is 1. The Morgan fingerprint density at radius 1 is 1.21 bits per heavy atom. The highest BCUT2D eigenvalue weighted by molar-refractivity contribution is 6.29. The summed E-state index contributed by atoms with van der Waals surface area (Å²) >= 11 is 6.23. The molecule has 0 spiro atoms. The largest absolute Gasteiger partial charge is 0.378 e. The Labute approximate surface area is 251 Å². The number of piperidine rings is 1. The summed E-state index contributed by atoms with van der Waals surface area (Å²) < 4.78 is 31.9. The summed E-state index contributed by atoms with van der Waals surface area (Å²) in [5.41, 5.74) is 5.05. The molecular formula is C29H33ClN10O2. The molecule has 0 radical (unpaired) electrons. The van der Waals surface area contributed by atoms with Gasteiger partial charge in [-0.3, -0.25) is 18.7 Å². The van der Waals surface area contributed by atoms with Crippen LogP contribution in [0, 0.1) is 6.92 Å². The lowest BCUT2D eigenvalue weighted by Gasteiger charge is -2.41. The van der Waals surface area contributed by atoms with Gasteiger partial charge in [0.25, 0.3) is 5.56 Å². The number of aryl methyl sites for hydroxylation is 3. The molecular weight excluding hydrogens is 556 g/mol. The predicted octanol–water partition coefficient (Wildman–Crippen LogP) is 3.48. The van der Waals surface area contributed by atoms with E-state index < -0.39 is 6.98 Å². The van der Waals surface area contributed by atoms with Crippen LogP contribution < -0.4 is 10.9 Å². The normalized spacial score (nSPS) is 19.0. The van der Waals surface area contributed by atoms with Crippen LogP contribution in [0.1, 0.15) is 52.7 Å². The molecule has 0 bridgehead atoms. The first-order valence-electron chi connectivity index (χ1n) is 15.6. The number of anilines is 1. The molecule has 7 rings (SSSR count). The second-order valence-electron chi connectivity index (χ2n) is 11.2. The summed E-state index contributed by atoms with van der Waals surface area (Å²) in [7, 11) is 1.82. The monoisotopic (exact) mass is 591 g/mol. The summed E-state index contributed by atoms with van der Waals surface area (Å²) in [6.45, 7) is 4.94. The number of nitrogens with zero attached hydrogens (tertiary/aromatic N) is 9. The number of hydrogen-bond donors (Lipinski definition) is 1. The smallest absolute Gasteiger partial charge is 0.261 e. The zero-order valence-electron chi connectivity index (χ0n) is 26.6. The van der Waals surface area contributed by atoms with Gasteiger partial charge in [-0.05, 0) is 74.3 Å². The highest BCUT2D eigenvalue weighted by Crippen LogP contribution is 2.35. The van der Waals surface area contributed by atoms with Crippen LogP contribution in [-0.4, -0.2) is 76.4 Å². The van der Waals surface area contributed by atoms with Crippen molar-refractivity contribution in [2.75, 3.05) is 31.6 Å². The Morgan fingerprint density at radius 3 is 2.74 bits per heavy atom. The molecule has 1 N–H and O–H groups in total. The number of benzene rings is 1. The van der Waals surface area contributed by atoms with Crippen molar-refractivity contribution < 1.29 is 8.85 Å². The van der Waals surface area contributed by atoms with Gasteiger partial charge in [0, 0.05) is 17.1 Å². The quantitative estimate of drug-likeness (QED) is 0.296. The number of nitrogens with one attached hydrogen (secondary N) is 1. The van der Waals surface area contributed by atoms with Gasteiger partial charge < -0.3 is 10.1 Å². The molecule has 2 aliphatic heterocycles. The number of ether oxygens (including phenoxy) is 1. The van der Waals surface area contributed by atoms with E-state index in [9.17, 15) is 4.79 Å². The maximum absolute atomic E-state index is 13.9. The summed E-state index contributed by atoms with van der Waals surface area (Å²) in [6.07, 6.45) is 3.78. The number of aromatic nitrogens is 8. The fourth-order valence-corrected chi connectivity index (χ4v) is 6.45. The third-order valence-electron chi connectivity index (χ3n) is 8.53. The van der Waals surface area contributed by atoms with Crippen LogP contribution in [0.2, 0.25) is 5.15 Å². The maximum Gasteiger partial charge on any atom is 0.261 e. The van der Waals surface area contributed by atoms with E-state index in [0.717, 1.165) is 67.1 Å².